The second kappa shape index (κ2) is 9.07. The van der Waals surface area contributed by atoms with Crippen LogP contribution in [0.15, 0.2) is 12.4 Å². The summed E-state index contributed by atoms with van der Waals surface area (Å²) in [4.78, 5) is 19.8. The highest BCUT2D eigenvalue weighted by Crippen LogP contribution is 2.10. The van der Waals surface area contributed by atoms with Crippen molar-refractivity contribution in [3.05, 3.63) is 23.8 Å². The number of nitrogens with one attached hydrogen (secondary N) is 2. The predicted octanol–water partition coefficient (Wildman–Crippen LogP) is 1.36. The van der Waals surface area contributed by atoms with E-state index in [1.54, 1.807) is 6.20 Å². The number of aromatic nitrogens is 2. The Kier molecular flexibility index (Phi) is 8.63. The standard InChI is InChI=1S/C12H18N4O.2ClH/c1-9-6-16-11(8-15-9)12(17)14-5-3-10-2-4-13-7-10;;/h6,8,10,13H,2-5,7H2,1H3,(H,14,17);2*1H. The van der Waals surface area contributed by atoms with Crippen LogP contribution >= 0.6 is 24.8 Å². The molecule has 0 aliphatic carbocycles. The average molecular weight is 307 g/mol. The number of carbonyl (C=O) groups is 1. The molecule has 108 valence electrons. The molecular formula is C12H20Cl2N4O. The Labute approximate surface area is 125 Å². The second-order valence-corrected chi connectivity index (χ2v) is 4.45. The van der Waals surface area contributed by atoms with Crippen LogP contribution < -0.4 is 10.6 Å². The van der Waals surface area contributed by atoms with Gasteiger partial charge in [-0.3, -0.25) is 9.78 Å². The Morgan fingerprint density at radius 1 is 1.42 bits per heavy atom. The molecule has 1 saturated heterocycles. The molecule has 1 amide bonds. The van der Waals surface area contributed by atoms with E-state index in [0.29, 0.717) is 18.2 Å². The molecule has 0 bridgehead atoms. The molecule has 2 rings (SSSR count). The van der Waals surface area contributed by atoms with E-state index >= 15 is 0 Å². The SMILES string of the molecule is Cc1cnc(C(=O)NCCC2CCNC2)cn1.Cl.Cl. The van der Waals surface area contributed by atoms with Crippen molar-refractivity contribution >= 4 is 30.7 Å². The maximum absolute atomic E-state index is 11.7. The monoisotopic (exact) mass is 306 g/mol. The third-order valence-electron chi connectivity index (χ3n) is 3.01. The van der Waals surface area contributed by atoms with Crippen LogP contribution in [-0.2, 0) is 0 Å². The summed E-state index contributed by atoms with van der Waals surface area (Å²) in [5.41, 5.74) is 1.21. The van der Waals surface area contributed by atoms with E-state index in [2.05, 4.69) is 20.6 Å². The van der Waals surface area contributed by atoms with Gasteiger partial charge in [-0.2, -0.15) is 0 Å². The Morgan fingerprint density at radius 2 is 2.21 bits per heavy atom. The van der Waals surface area contributed by atoms with Crippen molar-refractivity contribution in [1.29, 1.82) is 0 Å². The van der Waals surface area contributed by atoms with Gasteiger partial charge in [-0.05, 0) is 38.8 Å². The van der Waals surface area contributed by atoms with Crippen LogP contribution in [0.1, 0.15) is 29.0 Å². The number of hydrogen-bond acceptors (Lipinski definition) is 4. The lowest BCUT2D eigenvalue weighted by Crippen LogP contribution is -2.27. The first-order valence-corrected chi connectivity index (χ1v) is 6.03. The Balaban J connectivity index is 0.00000162. The van der Waals surface area contributed by atoms with E-state index in [1.165, 1.54) is 12.6 Å². The van der Waals surface area contributed by atoms with Gasteiger partial charge in [-0.15, -0.1) is 24.8 Å². The first-order chi connectivity index (χ1) is 8.25. The molecule has 1 unspecified atom stereocenters. The number of nitrogens with zero attached hydrogens (tertiary/aromatic N) is 2. The van der Waals surface area contributed by atoms with Crippen molar-refractivity contribution in [2.24, 2.45) is 5.92 Å². The minimum atomic E-state index is -0.136. The quantitative estimate of drug-likeness (QED) is 0.881. The second-order valence-electron chi connectivity index (χ2n) is 4.45. The van der Waals surface area contributed by atoms with E-state index in [4.69, 9.17) is 0 Å². The van der Waals surface area contributed by atoms with Crippen LogP contribution in [0.25, 0.3) is 0 Å². The maximum Gasteiger partial charge on any atom is 0.271 e. The van der Waals surface area contributed by atoms with Gasteiger partial charge in [0.05, 0.1) is 11.9 Å². The van der Waals surface area contributed by atoms with Gasteiger partial charge in [-0.1, -0.05) is 0 Å². The summed E-state index contributed by atoms with van der Waals surface area (Å²) in [6.45, 7) is 4.73. The third-order valence-corrected chi connectivity index (χ3v) is 3.01. The summed E-state index contributed by atoms with van der Waals surface area (Å²) in [6.07, 6.45) is 5.36. The first kappa shape index (κ1) is 18.1. The molecule has 0 aromatic carbocycles. The Bertz CT molecular complexity index is 380. The van der Waals surface area contributed by atoms with E-state index in [1.807, 2.05) is 6.92 Å². The highest BCUT2D eigenvalue weighted by molar-refractivity contribution is 5.91. The van der Waals surface area contributed by atoms with Gasteiger partial charge in [0.15, 0.2) is 0 Å². The zero-order valence-electron chi connectivity index (χ0n) is 10.9. The summed E-state index contributed by atoms with van der Waals surface area (Å²) >= 11 is 0. The van der Waals surface area contributed by atoms with Crippen molar-refractivity contribution in [3.8, 4) is 0 Å². The molecule has 1 aromatic heterocycles. The van der Waals surface area contributed by atoms with Crippen molar-refractivity contribution < 1.29 is 4.79 Å². The topological polar surface area (TPSA) is 66.9 Å². The highest BCUT2D eigenvalue weighted by atomic mass is 35.5. The molecule has 2 heterocycles. The maximum atomic E-state index is 11.7. The van der Waals surface area contributed by atoms with Crippen LogP contribution in [0, 0.1) is 12.8 Å². The highest BCUT2D eigenvalue weighted by Gasteiger charge is 2.14. The molecule has 0 saturated carbocycles. The molecule has 1 fully saturated rings. The molecule has 1 aliphatic heterocycles. The number of carbonyl (C=O) groups excluding carboxylic acids is 1. The third kappa shape index (κ3) is 5.72. The molecule has 0 radical (unpaired) electrons. The molecule has 5 nitrogen and oxygen atoms in total. The van der Waals surface area contributed by atoms with Crippen molar-refractivity contribution in [2.45, 2.75) is 19.8 Å². The lowest BCUT2D eigenvalue weighted by molar-refractivity contribution is 0.0946. The molecule has 1 aliphatic rings. The minimum absolute atomic E-state index is 0. The van der Waals surface area contributed by atoms with E-state index in [0.717, 1.165) is 25.2 Å². The molecule has 0 spiro atoms. The summed E-state index contributed by atoms with van der Waals surface area (Å²) in [6, 6.07) is 0. The zero-order chi connectivity index (χ0) is 12.1. The van der Waals surface area contributed by atoms with Crippen molar-refractivity contribution in [3.63, 3.8) is 0 Å². The number of halogens is 2. The predicted molar refractivity (Wildman–Crippen MR) is 79.2 cm³/mol. The Hall–Kier alpha value is -0.910. The van der Waals surface area contributed by atoms with Gasteiger partial charge in [0.1, 0.15) is 5.69 Å². The zero-order valence-corrected chi connectivity index (χ0v) is 12.5. The van der Waals surface area contributed by atoms with Gasteiger partial charge >= 0.3 is 0 Å². The largest absolute Gasteiger partial charge is 0.351 e. The van der Waals surface area contributed by atoms with Gasteiger partial charge in [0.2, 0.25) is 0 Å². The smallest absolute Gasteiger partial charge is 0.271 e. The van der Waals surface area contributed by atoms with Crippen LogP contribution in [0.5, 0.6) is 0 Å². The summed E-state index contributed by atoms with van der Waals surface area (Å²) in [5, 5.41) is 6.19. The van der Waals surface area contributed by atoms with Gasteiger partial charge in [0.25, 0.3) is 5.91 Å². The van der Waals surface area contributed by atoms with Crippen LogP contribution in [0.4, 0.5) is 0 Å². The number of aryl methyl sites for hydroxylation is 1. The summed E-state index contributed by atoms with van der Waals surface area (Å²) in [5.74, 6) is 0.558. The van der Waals surface area contributed by atoms with E-state index in [-0.39, 0.29) is 30.7 Å². The van der Waals surface area contributed by atoms with Crippen LogP contribution in [-0.4, -0.2) is 35.5 Å². The van der Waals surface area contributed by atoms with E-state index in [9.17, 15) is 4.79 Å². The summed E-state index contributed by atoms with van der Waals surface area (Å²) < 4.78 is 0. The van der Waals surface area contributed by atoms with Gasteiger partial charge < -0.3 is 10.6 Å². The van der Waals surface area contributed by atoms with Gasteiger partial charge in [0, 0.05) is 12.7 Å². The lowest BCUT2D eigenvalue weighted by Gasteiger charge is -2.08. The molecular weight excluding hydrogens is 287 g/mol. The number of amides is 1. The van der Waals surface area contributed by atoms with Crippen LogP contribution in [0.3, 0.4) is 0 Å². The van der Waals surface area contributed by atoms with E-state index < -0.39 is 0 Å². The average Bonchev–Trinajstić information content (AvgIpc) is 2.83. The Morgan fingerprint density at radius 3 is 2.79 bits per heavy atom. The minimum Gasteiger partial charge on any atom is -0.351 e. The summed E-state index contributed by atoms with van der Waals surface area (Å²) in [7, 11) is 0. The molecule has 1 aromatic rings. The fourth-order valence-electron chi connectivity index (χ4n) is 1.95. The number of rotatable bonds is 4. The van der Waals surface area contributed by atoms with Crippen LogP contribution in [0.2, 0.25) is 0 Å². The first-order valence-electron chi connectivity index (χ1n) is 6.03. The van der Waals surface area contributed by atoms with Crippen molar-refractivity contribution in [2.75, 3.05) is 19.6 Å². The normalized spacial score (nSPS) is 17.2. The van der Waals surface area contributed by atoms with Gasteiger partial charge in [-0.25, -0.2) is 4.98 Å². The molecule has 19 heavy (non-hydrogen) atoms. The fourth-order valence-corrected chi connectivity index (χ4v) is 1.95. The lowest BCUT2D eigenvalue weighted by atomic mass is 10.1. The number of hydrogen-bond donors (Lipinski definition) is 2. The van der Waals surface area contributed by atoms with Crippen molar-refractivity contribution in [1.82, 2.24) is 20.6 Å². The fraction of sp³-hybridized carbons (Fsp3) is 0.583. The molecule has 1 atom stereocenters. The molecule has 7 heteroatoms. The molecule has 2 N–H and O–H groups in total.